The largest absolute Gasteiger partial charge is 0.373 e. The van der Waals surface area contributed by atoms with E-state index in [0.29, 0.717) is 5.56 Å². The third kappa shape index (κ3) is 3.58. The van der Waals surface area contributed by atoms with Crippen molar-refractivity contribution < 1.29 is 13.6 Å². The van der Waals surface area contributed by atoms with Gasteiger partial charge >= 0.3 is 0 Å². The standard InChI is InChI=1S/C22H17ClF2N2O/c23-18-11-16(25)7-6-14(18)12-26-22(28)21-20(13-4-2-1-3-5-13)17-10-15(24)8-9-19(17)27-21/h1-11,20-21,27H,12H2,(H,26,28). The molecule has 0 saturated heterocycles. The topological polar surface area (TPSA) is 41.1 Å². The molecular weight excluding hydrogens is 382 g/mol. The molecule has 1 heterocycles. The maximum atomic E-state index is 13.9. The lowest BCUT2D eigenvalue weighted by atomic mass is 9.87. The number of anilines is 1. The van der Waals surface area contributed by atoms with Gasteiger partial charge in [0.1, 0.15) is 17.7 Å². The van der Waals surface area contributed by atoms with Crippen molar-refractivity contribution in [3.05, 3.63) is 100 Å². The molecule has 6 heteroatoms. The number of halogens is 3. The summed E-state index contributed by atoms with van der Waals surface area (Å²) in [5.41, 5.74) is 3.01. The minimum atomic E-state index is -0.599. The van der Waals surface area contributed by atoms with E-state index in [1.54, 1.807) is 12.1 Å². The smallest absolute Gasteiger partial charge is 0.243 e. The summed E-state index contributed by atoms with van der Waals surface area (Å²) in [6.07, 6.45) is 0. The zero-order chi connectivity index (χ0) is 19.7. The highest BCUT2D eigenvalue weighted by molar-refractivity contribution is 6.31. The Labute approximate surface area is 166 Å². The Morgan fingerprint density at radius 2 is 1.71 bits per heavy atom. The van der Waals surface area contributed by atoms with Crippen molar-refractivity contribution in [3.63, 3.8) is 0 Å². The minimum absolute atomic E-state index is 0.169. The zero-order valence-corrected chi connectivity index (χ0v) is 15.5. The van der Waals surface area contributed by atoms with Crippen LogP contribution in [0.1, 0.15) is 22.6 Å². The fourth-order valence-electron chi connectivity index (χ4n) is 3.56. The van der Waals surface area contributed by atoms with Gasteiger partial charge in [0.25, 0.3) is 0 Å². The highest BCUT2D eigenvalue weighted by Gasteiger charge is 2.38. The summed E-state index contributed by atoms with van der Waals surface area (Å²) in [5, 5.41) is 6.30. The van der Waals surface area contributed by atoms with Gasteiger partial charge in [-0.15, -0.1) is 0 Å². The molecule has 0 aliphatic carbocycles. The van der Waals surface area contributed by atoms with Crippen LogP contribution in [-0.2, 0) is 11.3 Å². The van der Waals surface area contributed by atoms with Gasteiger partial charge in [0.2, 0.25) is 5.91 Å². The molecule has 1 aliphatic heterocycles. The third-order valence-corrected chi connectivity index (χ3v) is 5.25. The fraction of sp³-hybridized carbons (Fsp3) is 0.136. The van der Waals surface area contributed by atoms with E-state index in [0.717, 1.165) is 16.8 Å². The summed E-state index contributed by atoms with van der Waals surface area (Å²) >= 11 is 6.04. The molecule has 1 aliphatic rings. The van der Waals surface area contributed by atoms with Crippen molar-refractivity contribution in [2.24, 2.45) is 0 Å². The molecule has 2 N–H and O–H groups in total. The molecule has 142 valence electrons. The molecule has 4 rings (SSSR count). The molecule has 0 radical (unpaired) electrons. The SMILES string of the molecule is O=C(NCc1ccc(F)cc1Cl)C1Nc2ccc(F)cc2C1c1ccccc1. The van der Waals surface area contributed by atoms with Gasteiger partial charge in [-0.2, -0.15) is 0 Å². The summed E-state index contributed by atoms with van der Waals surface area (Å²) < 4.78 is 27.1. The molecule has 0 spiro atoms. The molecule has 2 unspecified atom stereocenters. The Morgan fingerprint density at radius 1 is 1.00 bits per heavy atom. The predicted molar refractivity (Wildman–Crippen MR) is 105 cm³/mol. The lowest BCUT2D eigenvalue weighted by molar-refractivity contribution is -0.122. The van der Waals surface area contributed by atoms with Crippen LogP contribution in [0.3, 0.4) is 0 Å². The molecular formula is C22H17ClF2N2O. The van der Waals surface area contributed by atoms with Crippen LogP contribution >= 0.6 is 11.6 Å². The lowest BCUT2D eigenvalue weighted by Crippen LogP contribution is -2.40. The molecule has 28 heavy (non-hydrogen) atoms. The normalized spacial score (nSPS) is 17.7. The van der Waals surface area contributed by atoms with Gasteiger partial charge in [0.15, 0.2) is 0 Å². The lowest BCUT2D eigenvalue weighted by Gasteiger charge is -2.20. The summed E-state index contributed by atoms with van der Waals surface area (Å²) in [6.45, 7) is 0.169. The summed E-state index contributed by atoms with van der Waals surface area (Å²) in [4.78, 5) is 12.9. The highest BCUT2D eigenvalue weighted by atomic mass is 35.5. The van der Waals surface area contributed by atoms with Gasteiger partial charge in [-0.1, -0.05) is 48.0 Å². The number of nitrogens with one attached hydrogen (secondary N) is 2. The first-order valence-corrected chi connectivity index (χ1v) is 9.23. The number of amides is 1. The van der Waals surface area contributed by atoms with Gasteiger partial charge in [0, 0.05) is 23.2 Å². The second kappa shape index (κ2) is 7.60. The number of benzene rings is 3. The molecule has 1 amide bonds. The number of hydrogen-bond donors (Lipinski definition) is 2. The Hall–Kier alpha value is -2.92. The molecule has 0 bridgehead atoms. The predicted octanol–water partition coefficient (Wildman–Crippen LogP) is 4.86. The van der Waals surface area contributed by atoms with Gasteiger partial charge in [-0.3, -0.25) is 4.79 Å². The molecule has 0 saturated carbocycles. The second-order valence-corrected chi connectivity index (χ2v) is 7.10. The average Bonchev–Trinajstić information content (AvgIpc) is 3.06. The van der Waals surface area contributed by atoms with Crippen molar-refractivity contribution >= 4 is 23.2 Å². The average molecular weight is 399 g/mol. The molecule has 0 aromatic heterocycles. The maximum Gasteiger partial charge on any atom is 0.243 e. The van der Waals surface area contributed by atoms with Crippen LogP contribution in [0.5, 0.6) is 0 Å². The first kappa shape index (κ1) is 18.4. The van der Waals surface area contributed by atoms with Crippen LogP contribution in [0.25, 0.3) is 0 Å². The zero-order valence-electron chi connectivity index (χ0n) is 14.8. The van der Waals surface area contributed by atoms with E-state index in [9.17, 15) is 13.6 Å². The van der Waals surface area contributed by atoms with E-state index in [-0.39, 0.29) is 29.2 Å². The van der Waals surface area contributed by atoms with Crippen LogP contribution in [-0.4, -0.2) is 11.9 Å². The molecule has 2 atom stereocenters. The van der Waals surface area contributed by atoms with E-state index in [4.69, 9.17) is 11.6 Å². The van der Waals surface area contributed by atoms with E-state index in [2.05, 4.69) is 10.6 Å². The second-order valence-electron chi connectivity index (χ2n) is 6.70. The monoisotopic (exact) mass is 398 g/mol. The van der Waals surface area contributed by atoms with E-state index >= 15 is 0 Å². The summed E-state index contributed by atoms with van der Waals surface area (Å²) in [5.74, 6) is -1.35. The first-order chi connectivity index (χ1) is 13.5. The van der Waals surface area contributed by atoms with E-state index in [1.807, 2.05) is 30.3 Å². The van der Waals surface area contributed by atoms with Crippen molar-refractivity contribution in [1.29, 1.82) is 0 Å². The van der Waals surface area contributed by atoms with Gasteiger partial charge in [0.05, 0.1) is 0 Å². The van der Waals surface area contributed by atoms with Crippen LogP contribution in [0.4, 0.5) is 14.5 Å². The number of rotatable bonds is 4. The van der Waals surface area contributed by atoms with Crippen LogP contribution < -0.4 is 10.6 Å². The summed E-state index contributed by atoms with van der Waals surface area (Å²) in [7, 11) is 0. The molecule has 3 nitrogen and oxygen atoms in total. The van der Waals surface area contributed by atoms with Crippen molar-refractivity contribution in [2.75, 3.05) is 5.32 Å². The Bertz CT molecular complexity index is 1030. The van der Waals surface area contributed by atoms with Crippen molar-refractivity contribution in [1.82, 2.24) is 5.32 Å². The van der Waals surface area contributed by atoms with Gasteiger partial charge in [-0.25, -0.2) is 8.78 Å². The number of carbonyl (C=O) groups is 1. The fourth-order valence-corrected chi connectivity index (χ4v) is 3.79. The van der Waals surface area contributed by atoms with Gasteiger partial charge < -0.3 is 10.6 Å². The maximum absolute atomic E-state index is 13.9. The first-order valence-electron chi connectivity index (χ1n) is 8.85. The Kier molecular flexibility index (Phi) is 5.01. The van der Waals surface area contributed by atoms with Crippen molar-refractivity contribution in [2.45, 2.75) is 18.5 Å². The molecule has 3 aromatic carbocycles. The summed E-state index contributed by atoms with van der Waals surface area (Å²) in [6, 6.07) is 17.4. The quantitative estimate of drug-likeness (QED) is 0.659. The molecule has 3 aromatic rings. The number of hydrogen-bond acceptors (Lipinski definition) is 2. The van der Waals surface area contributed by atoms with Crippen LogP contribution in [0.15, 0.2) is 66.7 Å². The Morgan fingerprint density at radius 3 is 2.46 bits per heavy atom. The number of carbonyl (C=O) groups excluding carboxylic acids is 1. The van der Waals surface area contributed by atoms with E-state index < -0.39 is 11.9 Å². The third-order valence-electron chi connectivity index (χ3n) is 4.90. The highest BCUT2D eigenvalue weighted by Crippen LogP contribution is 2.40. The molecule has 0 fully saturated rings. The minimum Gasteiger partial charge on any atom is -0.373 e. The van der Waals surface area contributed by atoms with E-state index in [1.165, 1.54) is 24.3 Å². The van der Waals surface area contributed by atoms with Crippen LogP contribution in [0, 0.1) is 11.6 Å². The number of fused-ring (bicyclic) bond motifs is 1. The van der Waals surface area contributed by atoms with Crippen LogP contribution in [0.2, 0.25) is 5.02 Å². The Balaban J connectivity index is 1.59. The van der Waals surface area contributed by atoms with Gasteiger partial charge in [-0.05, 0) is 47.0 Å². The van der Waals surface area contributed by atoms with Crippen molar-refractivity contribution in [3.8, 4) is 0 Å².